The lowest BCUT2D eigenvalue weighted by molar-refractivity contribution is -0.122. The van der Waals surface area contributed by atoms with Crippen molar-refractivity contribution in [1.82, 2.24) is 4.90 Å². The highest BCUT2D eigenvalue weighted by Crippen LogP contribution is 2.22. The lowest BCUT2D eigenvalue weighted by Crippen LogP contribution is -2.43. The third kappa shape index (κ3) is 5.41. The van der Waals surface area contributed by atoms with Crippen LogP contribution in [0.1, 0.15) is 29.2 Å². The van der Waals surface area contributed by atoms with Crippen LogP contribution < -0.4 is 10.6 Å². The average molecular weight is 378 g/mol. The predicted molar refractivity (Wildman–Crippen MR) is 111 cm³/mol. The van der Waals surface area contributed by atoms with Crippen molar-refractivity contribution < 1.29 is 9.59 Å². The number of nitrogens with zero attached hydrogens (tertiary/aromatic N) is 2. The molecule has 0 saturated carbocycles. The number of carbonyl (C=O) groups is 2. The lowest BCUT2D eigenvalue weighted by Gasteiger charge is -2.24. The van der Waals surface area contributed by atoms with Gasteiger partial charge < -0.3 is 10.6 Å². The second-order valence-electron chi connectivity index (χ2n) is 7.09. The van der Waals surface area contributed by atoms with Gasteiger partial charge in [-0.2, -0.15) is 5.26 Å². The van der Waals surface area contributed by atoms with Crippen molar-refractivity contribution in [2.24, 2.45) is 0 Å². The maximum Gasteiger partial charge on any atom is 0.241 e. The summed E-state index contributed by atoms with van der Waals surface area (Å²) in [5.74, 6) is -0.420. The van der Waals surface area contributed by atoms with E-state index in [4.69, 9.17) is 5.26 Å². The van der Waals surface area contributed by atoms with Crippen LogP contribution in [0.2, 0.25) is 0 Å². The first-order valence-electron chi connectivity index (χ1n) is 9.10. The molecule has 0 heterocycles. The number of rotatable bonds is 6. The molecule has 2 aromatic rings. The second-order valence-corrected chi connectivity index (χ2v) is 7.09. The Kier molecular flexibility index (Phi) is 6.91. The van der Waals surface area contributed by atoms with E-state index in [0.717, 1.165) is 22.4 Å². The molecule has 0 radical (unpaired) electrons. The summed E-state index contributed by atoms with van der Waals surface area (Å²) in [7, 11) is 1.73. The molecule has 2 rings (SSSR count). The highest BCUT2D eigenvalue weighted by Gasteiger charge is 2.21. The Bertz CT molecular complexity index is 907. The summed E-state index contributed by atoms with van der Waals surface area (Å²) in [6, 6.07) is 12.3. The van der Waals surface area contributed by atoms with E-state index in [1.165, 1.54) is 0 Å². The standard InChI is InChI=1S/C22H26N4O2/c1-14-9-15(2)21(16(3)10-14)25-20(27)13-26(5)17(4)22(28)24-19-8-6-7-18(11-19)12-23/h6-11,17H,13H2,1-5H3,(H,24,28)(H,25,27). The van der Waals surface area contributed by atoms with Crippen molar-refractivity contribution in [3.8, 4) is 6.07 Å². The SMILES string of the molecule is Cc1cc(C)c(NC(=O)CN(C)C(C)C(=O)Nc2cccc(C#N)c2)c(C)c1. The van der Waals surface area contributed by atoms with Crippen molar-refractivity contribution in [3.05, 3.63) is 58.7 Å². The summed E-state index contributed by atoms with van der Waals surface area (Å²) in [6.07, 6.45) is 0. The van der Waals surface area contributed by atoms with Gasteiger partial charge in [-0.15, -0.1) is 0 Å². The molecule has 28 heavy (non-hydrogen) atoms. The number of anilines is 2. The van der Waals surface area contributed by atoms with E-state index in [-0.39, 0.29) is 18.4 Å². The van der Waals surface area contributed by atoms with Crippen molar-refractivity contribution in [2.45, 2.75) is 33.7 Å². The first-order valence-corrected chi connectivity index (χ1v) is 9.10. The molecular formula is C22H26N4O2. The fourth-order valence-electron chi connectivity index (χ4n) is 3.03. The van der Waals surface area contributed by atoms with Gasteiger partial charge in [0, 0.05) is 11.4 Å². The molecular weight excluding hydrogens is 352 g/mol. The van der Waals surface area contributed by atoms with E-state index in [0.29, 0.717) is 11.3 Å². The monoisotopic (exact) mass is 378 g/mol. The zero-order chi connectivity index (χ0) is 20.8. The average Bonchev–Trinajstić information content (AvgIpc) is 2.64. The molecule has 0 aromatic heterocycles. The number of carbonyl (C=O) groups excluding carboxylic acids is 2. The first-order chi connectivity index (χ1) is 13.2. The Morgan fingerprint density at radius 1 is 1.11 bits per heavy atom. The number of nitriles is 1. The molecule has 0 saturated heterocycles. The normalized spacial score (nSPS) is 11.6. The summed E-state index contributed by atoms with van der Waals surface area (Å²) in [5, 5.41) is 14.7. The predicted octanol–water partition coefficient (Wildman–Crippen LogP) is 3.38. The van der Waals surface area contributed by atoms with Gasteiger partial charge in [0.2, 0.25) is 11.8 Å². The summed E-state index contributed by atoms with van der Waals surface area (Å²) in [5.41, 5.74) is 5.01. The number of aryl methyl sites for hydroxylation is 3. The molecule has 0 bridgehead atoms. The minimum atomic E-state index is -0.517. The Balaban J connectivity index is 1.97. The van der Waals surface area contributed by atoms with Gasteiger partial charge >= 0.3 is 0 Å². The minimum Gasteiger partial charge on any atom is -0.325 e. The molecule has 0 fully saturated rings. The Hall–Kier alpha value is -3.17. The molecule has 6 nitrogen and oxygen atoms in total. The third-order valence-corrected chi connectivity index (χ3v) is 4.63. The van der Waals surface area contributed by atoms with E-state index >= 15 is 0 Å². The van der Waals surface area contributed by atoms with Crippen molar-refractivity contribution in [3.63, 3.8) is 0 Å². The Morgan fingerprint density at radius 3 is 2.36 bits per heavy atom. The third-order valence-electron chi connectivity index (χ3n) is 4.63. The van der Waals surface area contributed by atoms with Crippen LogP contribution in [0.15, 0.2) is 36.4 Å². The van der Waals surface area contributed by atoms with E-state index in [9.17, 15) is 9.59 Å². The molecule has 1 unspecified atom stereocenters. The fraction of sp³-hybridized carbons (Fsp3) is 0.318. The molecule has 0 aliphatic carbocycles. The van der Waals surface area contributed by atoms with E-state index in [1.807, 2.05) is 39.0 Å². The van der Waals surface area contributed by atoms with Crippen LogP contribution in [-0.2, 0) is 9.59 Å². The van der Waals surface area contributed by atoms with E-state index < -0.39 is 6.04 Å². The van der Waals surface area contributed by atoms with Crippen LogP contribution in [0.5, 0.6) is 0 Å². The minimum absolute atomic E-state index is 0.0829. The van der Waals surface area contributed by atoms with Crippen molar-refractivity contribution in [1.29, 1.82) is 5.26 Å². The summed E-state index contributed by atoms with van der Waals surface area (Å²) < 4.78 is 0. The summed E-state index contributed by atoms with van der Waals surface area (Å²) >= 11 is 0. The quantitative estimate of drug-likeness (QED) is 0.807. The van der Waals surface area contributed by atoms with Crippen LogP contribution in [0, 0.1) is 32.1 Å². The van der Waals surface area contributed by atoms with Gasteiger partial charge in [-0.05, 0) is 64.1 Å². The van der Waals surface area contributed by atoms with E-state index in [2.05, 4.69) is 10.6 Å². The van der Waals surface area contributed by atoms with E-state index in [1.54, 1.807) is 43.1 Å². The molecule has 0 aliphatic rings. The number of amides is 2. The van der Waals surface area contributed by atoms with Gasteiger partial charge in [0.25, 0.3) is 0 Å². The van der Waals surface area contributed by atoms with Crippen molar-refractivity contribution in [2.75, 3.05) is 24.2 Å². The number of hydrogen-bond acceptors (Lipinski definition) is 4. The molecule has 2 amide bonds. The molecule has 6 heteroatoms. The second kappa shape index (κ2) is 9.16. The first kappa shape index (κ1) is 21.1. The summed E-state index contributed by atoms with van der Waals surface area (Å²) in [6.45, 7) is 7.76. The van der Waals surface area contributed by atoms with Crippen LogP contribution in [-0.4, -0.2) is 36.3 Å². The number of nitrogens with one attached hydrogen (secondary N) is 2. The molecule has 0 spiro atoms. The van der Waals surface area contributed by atoms with Gasteiger partial charge in [-0.25, -0.2) is 0 Å². The zero-order valence-corrected chi connectivity index (χ0v) is 17.0. The number of hydrogen-bond donors (Lipinski definition) is 2. The molecule has 1 atom stereocenters. The largest absolute Gasteiger partial charge is 0.325 e. The molecule has 0 aliphatic heterocycles. The molecule has 146 valence electrons. The highest BCUT2D eigenvalue weighted by atomic mass is 16.2. The lowest BCUT2D eigenvalue weighted by atomic mass is 10.1. The van der Waals surface area contributed by atoms with Gasteiger partial charge in [0.15, 0.2) is 0 Å². The Morgan fingerprint density at radius 2 is 1.75 bits per heavy atom. The van der Waals surface area contributed by atoms with Gasteiger partial charge in [-0.3, -0.25) is 14.5 Å². The van der Waals surface area contributed by atoms with Gasteiger partial charge in [0.1, 0.15) is 0 Å². The smallest absolute Gasteiger partial charge is 0.241 e. The molecule has 2 aromatic carbocycles. The van der Waals surface area contributed by atoms with Crippen LogP contribution >= 0.6 is 0 Å². The number of likely N-dealkylation sites (N-methyl/N-ethyl adjacent to an activating group) is 1. The highest BCUT2D eigenvalue weighted by molar-refractivity contribution is 5.96. The molecule has 2 N–H and O–H groups in total. The zero-order valence-electron chi connectivity index (χ0n) is 17.0. The Labute approximate surface area is 166 Å². The van der Waals surface area contributed by atoms with Crippen LogP contribution in [0.4, 0.5) is 11.4 Å². The number of benzene rings is 2. The topological polar surface area (TPSA) is 85.2 Å². The summed E-state index contributed by atoms with van der Waals surface area (Å²) in [4.78, 5) is 26.6. The maximum absolute atomic E-state index is 12.5. The van der Waals surface area contributed by atoms with Crippen LogP contribution in [0.3, 0.4) is 0 Å². The van der Waals surface area contributed by atoms with Gasteiger partial charge in [-0.1, -0.05) is 23.8 Å². The maximum atomic E-state index is 12.5. The van der Waals surface area contributed by atoms with Crippen molar-refractivity contribution >= 4 is 23.2 Å². The van der Waals surface area contributed by atoms with Crippen LogP contribution in [0.25, 0.3) is 0 Å². The fourth-order valence-corrected chi connectivity index (χ4v) is 3.03. The van der Waals surface area contributed by atoms with Gasteiger partial charge in [0.05, 0.1) is 24.2 Å².